The lowest BCUT2D eigenvalue weighted by Crippen LogP contribution is -2.26. The fourth-order valence-electron chi connectivity index (χ4n) is 0.957. The van der Waals surface area contributed by atoms with E-state index in [1.807, 2.05) is 0 Å². The summed E-state index contributed by atoms with van der Waals surface area (Å²) in [5.74, 6) is -1.30. The molecule has 14 heavy (non-hydrogen) atoms. The first-order chi connectivity index (χ1) is 6.65. The Labute approximate surface area is 80.2 Å². The van der Waals surface area contributed by atoms with Crippen molar-refractivity contribution in [3.05, 3.63) is 23.4 Å². The maximum atomic E-state index is 11.0. The summed E-state index contributed by atoms with van der Waals surface area (Å²) in [4.78, 5) is 30.6. The molecule has 1 rings (SSSR count). The van der Waals surface area contributed by atoms with Gasteiger partial charge in [-0.15, -0.1) is 4.99 Å². The molecule has 0 saturated heterocycles. The van der Waals surface area contributed by atoms with Crippen molar-refractivity contribution in [2.24, 2.45) is 5.73 Å². The Morgan fingerprint density at radius 1 is 1.43 bits per heavy atom. The van der Waals surface area contributed by atoms with Gasteiger partial charge in [0.15, 0.2) is 0 Å². The van der Waals surface area contributed by atoms with E-state index in [-0.39, 0.29) is 12.2 Å². The third kappa shape index (κ3) is 2.49. The molecule has 0 aromatic rings. The first-order valence-electron chi connectivity index (χ1n) is 3.84. The van der Waals surface area contributed by atoms with Crippen molar-refractivity contribution in [3.8, 4) is 0 Å². The zero-order valence-corrected chi connectivity index (χ0v) is 7.57. The molecule has 76 valence electrons. The maximum absolute atomic E-state index is 11.0. The summed E-state index contributed by atoms with van der Waals surface area (Å²) in [6.45, 7) is 0.230. The first kappa shape index (κ1) is 10.6. The van der Waals surface area contributed by atoms with Crippen LogP contribution in [-0.2, 0) is 19.5 Å². The van der Waals surface area contributed by atoms with Crippen molar-refractivity contribution in [1.82, 2.24) is 5.48 Å². The van der Waals surface area contributed by atoms with E-state index < -0.39 is 11.6 Å². The van der Waals surface area contributed by atoms with Crippen LogP contribution in [0.3, 0.4) is 0 Å². The van der Waals surface area contributed by atoms with E-state index in [9.17, 15) is 9.59 Å². The largest absolute Gasteiger partial charge is 0.395 e. The highest BCUT2D eigenvalue weighted by atomic mass is 17.3. The van der Waals surface area contributed by atoms with Gasteiger partial charge in [-0.25, -0.2) is 4.89 Å². The second-order valence-corrected chi connectivity index (χ2v) is 2.58. The fraction of sp³-hybridized carbons (Fsp3) is 0.250. The molecule has 6 nitrogen and oxygen atoms in total. The second kappa shape index (κ2) is 4.66. The highest BCUT2D eigenvalue weighted by Crippen LogP contribution is 2.07. The van der Waals surface area contributed by atoms with E-state index >= 15 is 0 Å². The van der Waals surface area contributed by atoms with Crippen molar-refractivity contribution >= 4 is 11.6 Å². The summed E-state index contributed by atoms with van der Waals surface area (Å²) in [7, 11) is 1.33. The normalized spacial score (nSPS) is 16.6. The topological polar surface area (TPSA) is 90.6 Å². The van der Waals surface area contributed by atoms with Crippen LogP contribution in [0.4, 0.5) is 0 Å². The van der Waals surface area contributed by atoms with E-state index in [2.05, 4.69) is 15.4 Å². The number of ketones is 2. The average molecular weight is 198 g/mol. The molecule has 0 spiro atoms. The number of hydrogen-bond acceptors (Lipinski definition) is 6. The lowest BCUT2D eigenvalue weighted by atomic mass is 10.0. The van der Waals surface area contributed by atoms with E-state index in [1.165, 1.54) is 19.3 Å². The number of hydroxylamine groups is 1. The number of carbonyl (C=O) groups is 2. The van der Waals surface area contributed by atoms with Gasteiger partial charge >= 0.3 is 0 Å². The lowest BCUT2D eigenvalue weighted by molar-refractivity contribution is -0.315. The van der Waals surface area contributed by atoms with Crippen LogP contribution in [0.15, 0.2) is 23.4 Å². The Morgan fingerprint density at radius 2 is 2.14 bits per heavy atom. The summed E-state index contributed by atoms with van der Waals surface area (Å²) in [6, 6.07) is 0. The number of rotatable bonds is 4. The molecule has 3 N–H and O–H groups in total. The number of nitrogens with one attached hydrogen (secondary N) is 1. The van der Waals surface area contributed by atoms with E-state index in [0.717, 1.165) is 0 Å². The van der Waals surface area contributed by atoms with Crippen LogP contribution in [0.25, 0.3) is 0 Å². The predicted octanol–water partition coefficient (Wildman–Crippen LogP) is -1.01. The molecule has 0 aromatic carbocycles. The van der Waals surface area contributed by atoms with Gasteiger partial charge < -0.3 is 5.73 Å². The van der Waals surface area contributed by atoms with Crippen molar-refractivity contribution < 1.29 is 19.5 Å². The van der Waals surface area contributed by atoms with Gasteiger partial charge in [0.1, 0.15) is 0 Å². The summed E-state index contributed by atoms with van der Waals surface area (Å²) in [5.41, 5.74) is 8.22. The van der Waals surface area contributed by atoms with Gasteiger partial charge in [-0.1, -0.05) is 0 Å². The van der Waals surface area contributed by atoms with Crippen LogP contribution >= 0.6 is 0 Å². The Bertz CT molecular complexity index is 319. The fourth-order valence-corrected chi connectivity index (χ4v) is 0.957. The summed E-state index contributed by atoms with van der Waals surface area (Å²) in [6.07, 6.45) is 2.61. The second-order valence-electron chi connectivity index (χ2n) is 2.58. The summed E-state index contributed by atoms with van der Waals surface area (Å²) < 4.78 is 0. The molecule has 0 aliphatic heterocycles. The molecule has 0 saturated carbocycles. The minimum Gasteiger partial charge on any atom is -0.395 e. The summed E-state index contributed by atoms with van der Waals surface area (Å²) in [5, 5.41) is 0. The molecule has 1 aliphatic rings. The van der Waals surface area contributed by atoms with Crippen molar-refractivity contribution in [2.75, 3.05) is 13.7 Å². The van der Waals surface area contributed by atoms with E-state index in [4.69, 9.17) is 5.73 Å². The van der Waals surface area contributed by atoms with Gasteiger partial charge in [-0.3, -0.25) is 9.59 Å². The molecule has 6 heteroatoms. The minimum absolute atomic E-state index is 0.0632. The third-order valence-electron chi connectivity index (χ3n) is 1.56. The molecule has 0 bridgehead atoms. The Hall–Kier alpha value is -1.50. The van der Waals surface area contributed by atoms with Gasteiger partial charge in [0.25, 0.3) is 0 Å². The van der Waals surface area contributed by atoms with Gasteiger partial charge in [0, 0.05) is 6.54 Å². The van der Waals surface area contributed by atoms with E-state index in [1.54, 1.807) is 0 Å². The standard InChI is InChI=1S/C8H10N2O4/c1-13-14-10-4-5-2-6(9)8(12)7(11)3-5/h2-3,10H,4,9H2,1H3. The molecule has 0 heterocycles. The Morgan fingerprint density at radius 3 is 2.71 bits per heavy atom. The molecule has 0 unspecified atom stereocenters. The minimum atomic E-state index is -0.679. The number of carbonyl (C=O) groups excluding carboxylic acids is 2. The van der Waals surface area contributed by atoms with Crippen LogP contribution < -0.4 is 11.2 Å². The number of nitrogens with two attached hydrogens (primary N) is 1. The average Bonchev–Trinajstić information content (AvgIpc) is 2.14. The molecule has 1 aliphatic carbocycles. The van der Waals surface area contributed by atoms with Crippen molar-refractivity contribution in [1.29, 1.82) is 0 Å². The van der Waals surface area contributed by atoms with E-state index in [0.29, 0.717) is 5.57 Å². The van der Waals surface area contributed by atoms with Crippen molar-refractivity contribution in [2.45, 2.75) is 0 Å². The molecular formula is C8H10N2O4. The lowest BCUT2D eigenvalue weighted by Gasteiger charge is -2.08. The van der Waals surface area contributed by atoms with Crippen LogP contribution in [0, 0.1) is 0 Å². The number of Topliss-reactive ketones (excluding diaryl/α,β-unsaturated/α-hetero) is 1. The molecule has 0 atom stereocenters. The molecule has 0 amide bonds. The van der Waals surface area contributed by atoms with Gasteiger partial charge in [-0.05, 0) is 17.7 Å². The highest BCUT2D eigenvalue weighted by Gasteiger charge is 2.19. The van der Waals surface area contributed by atoms with Crippen LogP contribution in [-0.4, -0.2) is 25.2 Å². The first-order valence-corrected chi connectivity index (χ1v) is 3.84. The highest BCUT2D eigenvalue weighted by molar-refractivity contribution is 6.48. The van der Waals surface area contributed by atoms with Gasteiger partial charge in [0.05, 0.1) is 12.8 Å². The van der Waals surface area contributed by atoms with Crippen LogP contribution in [0.1, 0.15) is 0 Å². The molecule has 0 aromatic heterocycles. The van der Waals surface area contributed by atoms with Crippen LogP contribution in [0.5, 0.6) is 0 Å². The third-order valence-corrected chi connectivity index (χ3v) is 1.56. The maximum Gasteiger partial charge on any atom is 0.248 e. The predicted molar refractivity (Wildman–Crippen MR) is 46.5 cm³/mol. The van der Waals surface area contributed by atoms with Crippen molar-refractivity contribution in [3.63, 3.8) is 0 Å². The number of allylic oxidation sites excluding steroid dienone is 2. The Kier molecular flexibility index (Phi) is 3.52. The van der Waals surface area contributed by atoms with Gasteiger partial charge in [0.2, 0.25) is 11.6 Å². The molecular weight excluding hydrogens is 188 g/mol. The quantitative estimate of drug-likeness (QED) is 0.198. The zero-order valence-electron chi connectivity index (χ0n) is 7.57. The smallest absolute Gasteiger partial charge is 0.248 e. The summed E-state index contributed by atoms with van der Waals surface area (Å²) >= 11 is 0. The molecule has 0 fully saturated rings. The molecule has 0 radical (unpaired) electrons. The Balaban J connectivity index is 2.59. The zero-order chi connectivity index (χ0) is 10.6. The number of hydrogen-bond donors (Lipinski definition) is 2. The monoisotopic (exact) mass is 198 g/mol. The SMILES string of the molecule is COONCC1=CC(=O)C(=O)C(N)=C1. The van der Waals surface area contributed by atoms with Gasteiger partial charge in [-0.2, -0.15) is 5.48 Å². The van der Waals surface area contributed by atoms with Crippen LogP contribution in [0.2, 0.25) is 0 Å².